The summed E-state index contributed by atoms with van der Waals surface area (Å²) in [4.78, 5) is 19.1. The molecule has 132 valence electrons. The number of aryl methyl sites for hydroxylation is 1. The molecule has 2 aliphatic rings. The normalized spacial score (nSPS) is 19.2. The lowest BCUT2D eigenvalue weighted by Crippen LogP contribution is -2.32. The first-order valence-electron chi connectivity index (χ1n) is 8.44. The number of hydrogen-bond donors (Lipinski definition) is 0. The number of thiazole rings is 1. The Morgan fingerprint density at radius 3 is 3.00 bits per heavy atom. The summed E-state index contributed by atoms with van der Waals surface area (Å²) in [5.74, 6) is 2.19. The molecule has 0 saturated carbocycles. The number of thioether (sulfide) groups is 1. The third-order valence-corrected chi connectivity index (χ3v) is 6.56. The van der Waals surface area contributed by atoms with E-state index in [-0.39, 0.29) is 11.9 Å². The van der Waals surface area contributed by atoms with Crippen LogP contribution >= 0.6 is 23.1 Å². The molecule has 1 amide bonds. The molecule has 1 fully saturated rings. The van der Waals surface area contributed by atoms with Crippen LogP contribution in [0.2, 0.25) is 0 Å². The van der Waals surface area contributed by atoms with Crippen molar-refractivity contribution in [2.75, 3.05) is 25.5 Å². The van der Waals surface area contributed by atoms with Crippen LogP contribution < -0.4 is 9.47 Å². The van der Waals surface area contributed by atoms with Crippen molar-refractivity contribution in [3.8, 4) is 11.5 Å². The van der Waals surface area contributed by atoms with E-state index in [1.54, 1.807) is 11.3 Å². The fourth-order valence-electron chi connectivity index (χ4n) is 3.28. The minimum absolute atomic E-state index is 0.127. The van der Waals surface area contributed by atoms with Crippen molar-refractivity contribution in [3.05, 3.63) is 34.8 Å². The van der Waals surface area contributed by atoms with E-state index in [9.17, 15) is 4.79 Å². The van der Waals surface area contributed by atoms with E-state index in [2.05, 4.69) is 11.1 Å². The topological polar surface area (TPSA) is 51.7 Å². The summed E-state index contributed by atoms with van der Waals surface area (Å²) in [6.07, 6.45) is 2.03. The van der Waals surface area contributed by atoms with Crippen LogP contribution in [-0.4, -0.2) is 41.3 Å². The Morgan fingerprint density at radius 2 is 2.20 bits per heavy atom. The number of amides is 1. The van der Waals surface area contributed by atoms with Gasteiger partial charge in [-0.3, -0.25) is 4.79 Å². The minimum atomic E-state index is 0.127. The first kappa shape index (κ1) is 16.7. The van der Waals surface area contributed by atoms with Gasteiger partial charge in [-0.05, 0) is 37.5 Å². The van der Waals surface area contributed by atoms with Gasteiger partial charge in [-0.15, -0.1) is 11.3 Å². The molecule has 0 aliphatic carbocycles. The summed E-state index contributed by atoms with van der Waals surface area (Å²) in [5.41, 5.74) is 2.14. The van der Waals surface area contributed by atoms with E-state index in [1.165, 1.54) is 11.8 Å². The molecule has 4 rings (SSSR count). The maximum absolute atomic E-state index is 12.7. The van der Waals surface area contributed by atoms with Gasteiger partial charge in [-0.1, -0.05) is 17.8 Å². The molecule has 0 N–H and O–H groups in total. The van der Waals surface area contributed by atoms with Gasteiger partial charge in [0.15, 0.2) is 15.8 Å². The lowest BCUT2D eigenvalue weighted by molar-refractivity contribution is -0.129. The number of benzene rings is 1. The number of fused-ring (bicyclic) bond motifs is 1. The van der Waals surface area contributed by atoms with Gasteiger partial charge < -0.3 is 14.4 Å². The Labute approximate surface area is 155 Å². The Kier molecular flexibility index (Phi) is 4.85. The zero-order chi connectivity index (χ0) is 17.2. The van der Waals surface area contributed by atoms with Gasteiger partial charge in [0.25, 0.3) is 0 Å². The van der Waals surface area contributed by atoms with E-state index < -0.39 is 0 Å². The molecular weight excluding hydrogens is 356 g/mol. The van der Waals surface area contributed by atoms with Crippen LogP contribution in [0.15, 0.2) is 27.9 Å². The number of likely N-dealkylation sites (tertiary alicyclic amines) is 1. The number of nitrogens with zero attached hydrogens (tertiary/aromatic N) is 2. The Bertz CT molecular complexity index is 777. The van der Waals surface area contributed by atoms with E-state index >= 15 is 0 Å². The molecule has 0 radical (unpaired) electrons. The van der Waals surface area contributed by atoms with E-state index in [4.69, 9.17) is 9.47 Å². The molecule has 2 aliphatic heterocycles. The summed E-state index contributed by atoms with van der Waals surface area (Å²) < 4.78 is 12.2. The standard InChI is InChI=1S/C18H20N2O3S2/c1-12-10-24-18(19-12)25-11-17(21)20-6-2-3-14(20)13-4-5-15-16(9-13)23-8-7-22-15/h4-5,9-10,14H,2-3,6-8,11H2,1H3/t14-/m1/s1. The minimum Gasteiger partial charge on any atom is -0.486 e. The molecule has 3 heterocycles. The third kappa shape index (κ3) is 3.62. The lowest BCUT2D eigenvalue weighted by atomic mass is 10.0. The second-order valence-corrected chi connectivity index (χ2v) is 8.27. The fraction of sp³-hybridized carbons (Fsp3) is 0.444. The van der Waals surface area contributed by atoms with Crippen molar-refractivity contribution in [2.45, 2.75) is 30.1 Å². The quantitative estimate of drug-likeness (QED) is 0.762. The average Bonchev–Trinajstić information content (AvgIpc) is 3.28. The summed E-state index contributed by atoms with van der Waals surface area (Å²) in [6, 6.07) is 6.17. The first-order valence-corrected chi connectivity index (χ1v) is 10.3. The molecule has 5 nitrogen and oxygen atoms in total. The number of rotatable bonds is 4. The maximum atomic E-state index is 12.7. The number of aromatic nitrogens is 1. The summed E-state index contributed by atoms with van der Waals surface area (Å²) in [6.45, 7) is 3.96. The zero-order valence-corrected chi connectivity index (χ0v) is 15.7. The predicted octanol–water partition coefficient (Wildman–Crippen LogP) is 3.68. The van der Waals surface area contributed by atoms with Crippen LogP contribution in [0.3, 0.4) is 0 Å². The van der Waals surface area contributed by atoms with Crippen molar-refractivity contribution >= 4 is 29.0 Å². The second-order valence-electron chi connectivity index (χ2n) is 6.19. The van der Waals surface area contributed by atoms with Gasteiger partial charge in [0.2, 0.25) is 5.91 Å². The highest BCUT2D eigenvalue weighted by atomic mass is 32.2. The summed E-state index contributed by atoms with van der Waals surface area (Å²) in [5, 5.41) is 2.01. The number of carbonyl (C=O) groups is 1. The number of hydrogen-bond acceptors (Lipinski definition) is 6. The van der Waals surface area contributed by atoms with Crippen LogP contribution in [0, 0.1) is 6.92 Å². The van der Waals surface area contributed by atoms with E-state index in [0.29, 0.717) is 19.0 Å². The van der Waals surface area contributed by atoms with Gasteiger partial charge in [-0.25, -0.2) is 4.98 Å². The molecule has 25 heavy (non-hydrogen) atoms. The van der Waals surface area contributed by atoms with Gasteiger partial charge >= 0.3 is 0 Å². The van der Waals surface area contributed by atoms with Crippen LogP contribution in [-0.2, 0) is 4.79 Å². The highest BCUT2D eigenvalue weighted by Gasteiger charge is 2.30. The molecule has 1 atom stereocenters. The third-order valence-electron chi connectivity index (χ3n) is 4.44. The van der Waals surface area contributed by atoms with E-state index in [1.807, 2.05) is 29.3 Å². The summed E-state index contributed by atoms with van der Waals surface area (Å²) >= 11 is 3.13. The lowest BCUT2D eigenvalue weighted by Gasteiger charge is -2.26. The maximum Gasteiger partial charge on any atom is 0.233 e. The van der Waals surface area contributed by atoms with Crippen LogP contribution in [0.5, 0.6) is 11.5 Å². The molecule has 0 unspecified atom stereocenters. The summed E-state index contributed by atoms with van der Waals surface area (Å²) in [7, 11) is 0. The highest BCUT2D eigenvalue weighted by molar-refractivity contribution is 8.01. The molecular formula is C18H20N2O3S2. The SMILES string of the molecule is Cc1csc(SCC(=O)N2CCC[C@@H]2c2ccc3c(c2)OCCO3)n1. The second kappa shape index (κ2) is 7.25. The van der Waals surface area contributed by atoms with Crippen molar-refractivity contribution in [1.82, 2.24) is 9.88 Å². The highest BCUT2D eigenvalue weighted by Crippen LogP contribution is 2.38. The van der Waals surface area contributed by atoms with Crippen LogP contribution in [0.25, 0.3) is 0 Å². The van der Waals surface area contributed by atoms with Gasteiger partial charge in [0.1, 0.15) is 13.2 Å². The Hall–Kier alpha value is -1.73. The predicted molar refractivity (Wildman–Crippen MR) is 98.7 cm³/mol. The number of carbonyl (C=O) groups excluding carboxylic acids is 1. The first-order chi connectivity index (χ1) is 12.2. The van der Waals surface area contributed by atoms with Crippen molar-refractivity contribution in [1.29, 1.82) is 0 Å². The Morgan fingerprint density at radius 1 is 1.36 bits per heavy atom. The monoisotopic (exact) mass is 376 g/mol. The molecule has 7 heteroatoms. The smallest absolute Gasteiger partial charge is 0.233 e. The van der Waals surface area contributed by atoms with Crippen molar-refractivity contribution in [2.24, 2.45) is 0 Å². The number of ether oxygens (including phenoxy) is 2. The molecule has 0 bridgehead atoms. The molecule has 1 saturated heterocycles. The van der Waals surface area contributed by atoms with Gasteiger partial charge in [0, 0.05) is 17.6 Å². The van der Waals surface area contributed by atoms with E-state index in [0.717, 1.165) is 46.5 Å². The largest absolute Gasteiger partial charge is 0.486 e. The van der Waals surface area contributed by atoms with Crippen LogP contribution in [0.1, 0.15) is 30.1 Å². The molecule has 2 aromatic rings. The fourth-order valence-corrected chi connectivity index (χ4v) is 5.02. The molecule has 1 aromatic heterocycles. The molecule has 1 aromatic carbocycles. The Balaban J connectivity index is 1.45. The zero-order valence-electron chi connectivity index (χ0n) is 14.1. The van der Waals surface area contributed by atoms with Crippen molar-refractivity contribution < 1.29 is 14.3 Å². The molecule has 0 spiro atoms. The van der Waals surface area contributed by atoms with Gasteiger partial charge in [0.05, 0.1) is 11.8 Å². The van der Waals surface area contributed by atoms with Crippen LogP contribution in [0.4, 0.5) is 0 Å². The van der Waals surface area contributed by atoms with Gasteiger partial charge in [-0.2, -0.15) is 0 Å². The average molecular weight is 377 g/mol. The van der Waals surface area contributed by atoms with Crippen molar-refractivity contribution in [3.63, 3.8) is 0 Å².